The van der Waals surface area contributed by atoms with E-state index in [2.05, 4.69) is 10.6 Å². The Morgan fingerprint density at radius 2 is 1.62 bits per heavy atom. The van der Waals surface area contributed by atoms with Gasteiger partial charge in [0.2, 0.25) is 0 Å². The Morgan fingerprint density at radius 1 is 0.952 bits per heavy atom. The van der Waals surface area contributed by atoms with Crippen LogP contribution >= 0.6 is 0 Å². The van der Waals surface area contributed by atoms with Gasteiger partial charge in [0.1, 0.15) is 5.82 Å². The molecule has 0 unspecified atom stereocenters. The molecule has 0 saturated heterocycles. The first-order valence-electron chi connectivity index (χ1n) is 6.18. The van der Waals surface area contributed by atoms with Crippen molar-refractivity contribution < 1.29 is 18.7 Å². The summed E-state index contributed by atoms with van der Waals surface area (Å²) in [6.45, 7) is 0. The number of methoxy groups -OCH3 is 2. The molecule has 0 radical (unpaired) electrons. The minimum Gasteiger partial charge on any atom is -0.493 e. The van der Waals surface area contributed by atoms with Gasteiger partial charge in [0.15, 0.2) is 11.5 Å². The standard InChI is InChI=1S/C15H15FN2O3/c1-20-13-7-6-12(9-14(13)21-2)18-15(19)17-11-5-3-4-10(16)8-11/h3-9H,1-2H3,(H2,17,18,19). The summed E-state index contributed by atoms with van der Waals surface area (Å²) in [5, 5.41) is 5.16. The van der Waals surface area contributed by atoms with Crippen molar-refractivity contribution in [2.45, 2.75) is 0 Å². The lowest BCUT2D eigenvalue weighted by atomic mass is 10.2. The number of anilines is 2. The van der Waals surface area contributed by atoms with E-state index in [1.807, 2.05) is 0 Å². The smallest absolute Gasteiger partial charge is 0.323 e. The van der Waals surface area contributed by atoms with E-state index in [-0.39, 0.29) is 0 Å². The molecule has 0 aliphatic carbocycles. The molecule has 21 heavy (non-hydrogen) atoms. The summed E-state index contributed by atoms with van der Waals surface area (Å²) in [6.07, 6.45) is 0. The molecule has 5 nitrogen and oxygen atoms in total. The Kier molecular flexibility index (Phi) is 4.61. The Balaban J connectivity index is 2.06. The van der Waals surface area contributed by atoms with E-state index in [9.17, 15) is 9.18 Å². The Bertz CT molecular complexity index is 647. The molecule has 0 spiro atoms. The van der Waals surface area contributed by atoms with E-state index in [1.165, 1.54) is 32.4 Å². The summed E-state index contributed by atoms with van der Waals surface area (Å²) in [4.78, 5) is 11.8. The molecule has 110 valence electrons. The van der Waals surface area contributed by atoms with Gasteiger partial charge >= 0.3 is 6.03 Å². The van der Waals surface area contributed by atoms with Crippen LogP contribution in [0.4, 0.5) is 20.6 Å². The second kappa shape index (κ2) is 6.60. The molecule has 0 atom stereocenters. The number of hydrogen-bond acceptors (Lipinski definition) is 3. The van der Waals surface area contributed by atoms with E-state index in [1.54, 1.807) is 24.3 Å². The van der Waals surface area contributed by atoms with Crippen molar-refractivity contribution >= 4 is 17.4 Å². The van der Waals surface area contributed by atoms with Gasteiger partial charge in [-0.1, -0.05) is 6.07 Å². The number of halogens is 1. The number of benzene rings is 2. The van der Waals surface area contributed by atoms with Crippen LogP contribution in [0.25, 0.3) is 0 Å². The lowest BCUT2D eigenvalue weighted by Crippen LogP contribution is -2.19. The number of ether oxygens (including phenoxy) is 2. The molecule has 0 aliphatic heterocycles. The maximum Gasteiger partial charge on any atom is 0.323 e. The minimum atomic E-state index is -0.479. The van der Waals surface area contributed by atoms with Crippen LogP contribution in [0.1, 0.15) is 0 Å². The molecule has 0 saturated carbocycles. The van der Waals surface area contributed by atoms with Crippen LogP contribution in [0.15, 0.2) is 42.5 Å². The van der Waals surface area contributed by atoms with Crippen molar-refractivity contribution in [3.8, 4) is 11.5 Å². The number of carbonyl (C=O) groups is 1. The van der Waals surface area contributed by atoms with E-state index in [4.69, 9.17) is 9.47 Å². The van der Waals surface area contributed by atoms with Crippen molar-refractivity contribution in [2.75, 3.05) is 24.9 Å². The van der Waals surface area contributed by atoms with Crippen LogP contribution in [0.3, 0.4) is 0 Å². The summed E-state index contributed by atoms with van der Waals surface area (Å²) in [6, 6.07) is 10.1. The Morgan fingerprint density at radius 3 is 2.24 bits per heavy atom. The van der Waals surface area contributed by atoms with Gasteiger partial charge in [0.25, 0.3) is 0 Å². The summed E-state index contributed by atoms with van der Waals surface area (Å²) >= 11 is 0. The maximum absolute atomic E-state index is 13.0. The van der Waals surface area contributed by atoms with Crippen molar-refractivity contribution in [2.24, 2.45) is 0 Å². The van der Waals surface area contributed by atoms with Gasteiger partial charge < -0.3 is 20.1 Å². The molecular weight excluding hydrogens is 275 g/mol. The van der Waals surface area contributed by atoms with Crippen LogP contribution in [0.2, 0.25) is 0 Å². The number of urea groups is 1. The first kappa shape index (κ1) is 14.6. The van der Waals surface area contributed by atoms with E-state index >= 15 is 0 Å². The highest BCUT2D eigenvalue weighted by Crippen LogP contribution is 2.29. The maximum atomic E-state index is 13.0. The molecule has 2 amide bonds. The third kappa shape index (κ3) is 3.85. The molecule has 6 heteroatoms. The monoisotopic (exact) mass is 290 g/mol. The normalized spacial score (nSPS) is 9.86. The molecule has 2 rings (SSSR count). The average Bonchev–Trinajstić information content (AvgIpc) is 2.47. The Hall–Kier alpha value is -2.76. The summed E-state index contributed by atoms with van der Waals surface area (Å²) in [7, 11) is 3.04. The fraction of sp³-hybridized carbons (Fsp3) is 0.133. The summed E-state index contributed by atoms with van der Waals surface area (Å²) in [5.41, 5.74) is 0.898. The second-order valence-electron chi connectivity index (χ2n) is 4.16. The third-order valence-electron chi connectivity index (χ3n) is 2.72. The molecule has 0 heterocycles. The van der Waals surface area contributed by atoms with Gasteiger partial charge in [0, 0.05) is 17.4 Å². The van der Waals surface area contributed by atoms with Crippen molar-refractivity contribution in [1.82, 2.24) is 0 Å². The molecule has 2 N–H and O–H groups in total. The van der Waals surface area contributed by atoms with Crippen LogP contribution in [-0.4, -0.2) is 20.3 Å². The number of hydrogen-bond donors (Lipinski definition) is 2. The average molecular weight is 290 g/mol. The van der Waals surface area contributed by atoms with Gasteiger partial charge in [0.05, 0.1) is 14.2 Å². The van der Waals surface area contributed by atoms with Crippen molar-refractivity contribution in [3.05, 3.63) is 48.3 Å². The van der Waals surface area contributed by atoms with Gasteiger partial charge in [-0.25, -0.2) is 9.18 Å². The topological polar surface area (TPSA) is 59.6 Å². The van der Waals surface area contributed by atoms with Gasteiger partial charge in [-0.15, -0.1) is 0 Å². The predicted octanol–water partition coefficient (Wildman–Crippen LogP) is 3.49. The van der Waals surface area contributed by atoms with Crippen LogP contribution in [0, 0.1) is 5.82 Å². The second-order valence-corrected chi connectivity index (χ2v) is 4.16. The molecule has 2 aromatic carbocycles. The van der Waals surface area contributed by atoms with E-state index in [0.717, 1.165) is 0 Å². The predicted molar refractivity (Wildman–Crippen MR) is 78.6 cm³/mol. The number of nitrogens with one attached hydrogen (secondary N) is 2. The fourth-order valence-corrected chi connectivity index (χ4v) is 1.77. The third-order valence-corrected chi connectivity index (χ3v) is 2.72. The molecular formula is C15H15FN2O3. The molecule has 2 aromatic rings. The highest BCUT2D eigenvalue weighted by molar-refractivity contribution is 5.99. The number of amides is 2. The number of carbonyl (C=O) groups excluding carboxylic acids is 1. The SMILES string of the molecule is COc1ccc(NC(=O)Nc2cccc(F)c2)cc1OC. The Labute approximate surface area is 121 Å². The fourth-order valence-electron chi connectivity index (χ4n) is 1.77. The summed E-state index contributed by atoms with van der Waals surface area (Å²) in [5.74, 6) is 0.647. The molecule has 0 aromatic heterocycles. The zero-order valence-corrected chi connectivity index (χ0v) is 11.6. The molecule has 0 aliphatic rings. The van der Waals surface area contributed by atoms with Gasteiger partial charge in [-0.05, 0) is 30.3 Å². The quantitative estimate of drug-likeness (QED) is 0.906. The van der Waals surface area contributed by atoms with Crippen LogP contribution < -0.4 is 20.1 Å². The highest BCUT2D eigenvalue weighted by atomic mass is 19.1. The molecule has 0 fully saturated rings. The van der Waals surface area contributed by atoms with Gasteiger partial charge in [-0.2, -0.15) is 0 Å². The van der Waals surface area contributed by atoms with Crippen molar-refractivity contribution in [3.63, 3.8) is 0 Å². The first-order valence-corrected chi connectivity index (χ1v) is 6.18. The van der Waals surface area contributed by atoms with Crippen LogP contribution in [0.5, 0.6) is 11.5 Å². The zero-order chi connectivity index (χ0) is 15.2. The van der Waals surface area contributed by atoms with Crippen molar-refractivity contribution in [1.29, 1.82) is 0 Å². The number of rotatable bonds is 4. The first-order chi connectivity index (χ1) is 10.1. The minimum absolute atomic E-state index is 0.368. The van der Waals surface area contributed by atoms with Gasteiger partial charge in [-0.3, -0.25) is 0 Å². The highest BCUT2D eigenvalue weighted by Gasteiger charge is 2.07. The summed E-state index contributed by atoms with van der Waals surface area (Å²) < 4.78 is 23.3. The largest absolute Gasteiger partial charge is 0.493 e. The van der Waals surface area contributed by atoms with Crippen LogP contribution in [-0.2, 0) is 0 Å². The van der Waals surface area contributed by atoms with E-state index < -0.39 is 11.8 Å². The zero-order valence-electron chi connectivity index (χ0n) is 11.6. The lowest BCUT2D eigenvalue weighted by Gasteiger charge is -2.11. The molecule has 0 bridgehead atoms. The van der Waals surface area contributed by atoms with E-state index in [0.29, 0.717) is 22.9 Å². The lowest BCUT2D eigenvalue weighted by molar-refractivity contribution is 0.262.